The molecule has 3 saturated heterocycles. The zero-order valence-corrected chi connectivity index (χ0v) is 54.4. The van der Waals surface area contributed by atoms with Gasteiger partial charge in [-0.3, -0.25) is 47.9 Å². The summed E-state index contributed by atoms with van der Waals surface area (Å²) in [4.78, 5) is 148. The summed E-state index contributed by atoms with van der Waals surface area (Å²) in [5.41, 5.74) is 0. The highest BCUT2D eigenvalue weighted by atomic mass is 32.2. The van der Waals surface area contributed by atoms with E-state index in [-0.39, 0.29) is 67.4 Å². The fourth-order valence-corrected chi connectivity index (χ4v) is 12.2. The summed E-state index contributed by atoms with van der Waals surface area (Å²) in [5, 5.41) is 43.9. The van der Waals surface area contributed by atoms with Crippen molar-refractivity contribution >= 4 is 76.9 Å². The highest BCUT2D eigenvalue weighted by Gasteiger charge is 2.42. The second-order valence-corrected chi connectivity index (χ2v) is 25.0. The van der Waals surface area contributed by atoms with E-state index in [0.717, 1.165) is 96.0 Å². The minimum Gasteiger partial charge on any atom is -0.356 e. The molecule has 0 saturated carbocycles. The summed E-state index contributed by atoms with van der Waals surface area (Å²) in [7, 11) is 5.64. The number of nitrogens with one attached hydrogen (secondary N) is 15. The topological polar surface area (TPSA) is 368 Å². The lowest BCUT2D eigenvalue weighted by Gasteiger charge is -2.28. The SMILES string of the molecule is CNCCCCCC(=O)NCCCC[C@@H]1NC(=O)[C@@H](C)NC(=O)[C@H](CCCCNC(=O)CCCCCNC)NC(=O)[C@@H](CCCCNC(=O)CCCCC2SCC3NC(=O)NC32)NC(=O)[C@H](CCCCNC(=O)CCCCCNC)NC(=O)[C@@H](C)NC1=O. The smallest absolute Gasteiger partial charge is 0.315 e. The van der Waals surface area contributed by atoms with E-state index in [0.29, 0.717) is 115 Å². The first kappa shape index (κ1) is 76.4. The first-order valence-electron chi connectivity index (χ1n) is 33.0. The Labute approximate surface area is 527 Å². The van der Waals surface area contributed by atoms with Crippen LogP contribution in [0.5, 0.6) is 0 Å². The zero-order chi connectivity index (χ0) is 64.3. The van der Waals surface area contributed by atoms with Gasteiger partial charge in [0.25, 0.3) is 0 Å². The monoisotopic (exact) mass is 1260 g/mol. The molecule has 3 heterocycles. The minimum absolute atomic E-state index is 0.0767. The van der Waals surface area contributed by atoms with Crippen LogP contribution in [0, 0.1) is 0 Å². The van der Waals surface area contributed by atoms with Crippen LogP contribution in [0.4, 0.5) is 4.79 Å². The van der Waals surface area contributed by atoms with E-state index in [9.17, 15) is 52.7 Å². The van der Waals surface area contributed by atoms with Crippen molar-refractivity contribution in [1.29, 1.82) is 0 Å². The van der Waals surface area contributed by atoms with Crippen LogP contribution in [0.1, 0.15) is 194 Å². The van der Waals surface area contributed by atoms with Crippen molar-refractivity contribution in [1.82, 2.24) is 79.8 Å². The fraction of sp³-hybridized carbons (Fsp3) is 0.820. The largest absolute Gasteiger partial charge is 0.356 e. The van der Waals surface area contributed by atoms with Crippen molar-refractivity contribution in [3.05, 3.63) is 0 Å². The number of carbonyl (C=O) groups is 11. The molecule has 27 heteroatoms. The summed E-state index contributed by atoms with van der Waals surface area (Å²) in [6.45, 7) is 6.80. The third-order valence-electron chi connectivity index (χ3n) is 16.1. The highest BCUT2D eigenvalue weighted by Crippen LogP contribution is 2.33. The molecule has 3 aliphatic rings. The van der Waals surface area contributed by atoms with Crippen molar-refractivity contribution in [2.75, 3.05) is 72.7 Å². The van der Waals surface area contributed by atoms with Crippen LogP contribution in [0.3, 0.4) is 0 Å². The number of hydrogen-bond acceptors (Lipinski definition) is 15. The van der Waals surface area contributed by atoms with Crippen molar-refractivity contribution < 1.29 is 52.7 Å². The van der Waals surface area contributed by atoms with Gasteiger partial charge in [0.15, 0.2) is 0 Å². The Kier molecular flexibility index (Phi) is 40.2. The molecule has 3 fully saturated rings. The van der Waals surface area contributed by atoms with Crippen molar-refractivity contribution in [3.8, 4) is 0 Å². The summed E-state index contributed by atoms with van der Waals surface area (Å²) >= 11 is 1.83. The molecule has 0 aromatic heterocycles. The minimum atomic E-state index is -1.23. The molecule has 12 amide bonds. The molecule has 0 spiro atoms. The molecule has 0 aromatic carbocycles. The predicted molar refractivity (Wildman–Crippen MR) is 342 cm³/mol. The lowest BCUT2D eigenvalue weighted by atomic mass is 10.0. The molecule has 0 aromatic rings. The molecule has 3 unspecified atom stereocenters. The van der Waals surface area contributed by atoms with Crippen LogP contribution in [-0.2, 0) is 47.9 Å². The zero-order valence-electron chi connectivity index (χ0n) is 53.6. The first-order chi connectivity index (χ1) is 42.4. The summed E-state index contributed by atoms with van der Waals surface area (Å²) in [6.07, 6.45) is 15.4. The molecule has 0 radical (unpaired) electrons. The third kappa shape index (κ3) is 33.1. The molecule has 0 aliphatic carbocycles. The second-order valence-electron chi connectivity index (χ2n) is 23.7. The van der Waals surface area contributed by atoms with Crippen LogP contribution in [0.2, 0.25) is 0 Å². The number of unbranched alkanes of at least 4 members (excludes halogenated alkanes) is 11. The van der Waals surface area contributed by atoms with Crippen LogP contribution in [0.25, 0.3) is 0 Å². The number of carbonyl (C=O) groups excluding carboxylic acids is 11. The van der Waals surface area contributed by atoms with Gasteiger partial charge in [-0.05, 0) is 183 Å². The van der Waals surface area contributed by atoms with E-state index in [4.69, 9.17) is 0 Å². The first-order valence-corrected chi connectivity index (χ1v) is 34.0. The Morgan fingerprint density at radius 3 is 0.989 bits per heavy atom. The number of hydrogen-bond donors (Lipinski definition) is 15. The maximum Gasteiger partial charge on any atom is 0.315 e. The number of urea groups is 1. The van der Waals surface area contributed by atoms with Gasteiger partial charge >= 0.3 is 6.03 Å². The summed E-state index contributed by atoms with van der Waals surface area (Å²) < 4.78 is 0. The predicted octanol–water partition coefficient (Wildman–Crippen LogP) is 1.16. The molecule has 502 valence electrons. The molecule has 3 rings (SSSR count). The number of amides is 12. The van der Waals surface area contributed by atoms with Gasteiger partial charge in [0.1, 0.15) is 36.3 Å². The second kappa shape index (κ2) is 46.3. The molecule has 15 N–H and O–H groups in total. The molecular weight excluding hydrogens is 1150 g/mol. The molecule has 26 nitrogen and oxygen atoms in total. The Balaban J connectivity index is 1.81. The number of rotatable bonds is 43. The highest BCUT2D eigenvalue weighted by molar-refractivity contribution is 8.00. The van der Waals surface area contributed by atoms with E-state index in [1.807, 2.05) is 32.9 Å². The van der Waals surface area contributed by atoms with Gasteiger partial charge in [-0.2, -0.15) is 11.8 Å². The van der Waals surface area contributed by atoms with Gasteiger partial charge in [-0.1, -0.05) is 25.7 Å². The van der Waals surface area contributed by atoms with Crippen LogP contribution in [-0.4, -0.2) is 191 Å². The molecular formula is C61H111N15O11S. The molecule has 0 bridgehead atoms. The van der Waals surface area contributed by atoms with Crippen molar-refractivity contribution in [2.24, 2.45) is 0 Å². The molecule has 9 atom stereocenters. The van der Waals surface area contributed by atoms with Gasteiger partial charge < -0.3 is 79.8 Å². The van der Waals surface area contributed by atoms with E-state index in [2.05, 4.69) is 79.8 Å². The van der Waals surface area contributed by atoms with Crippen molar-refractivity contribution in [3.63, 3.8) is 0 Å². The van der Waals surface area contributed by atoms with Gasteiger partial charge in [-0.25, -0.2) is 4.79 Å². The molecule has 88 heavy (non-hydrogen) atoms. The average molecular weight is 1260 g/mol. The Morgan fingerprint density at radius 2 is 0.648 bits per heavy atom. The maximum absolute atomic E-state index is 14.6. The van der Waals surface area contributed by atoms with Gasteiger partial charge in [0.05, 0.1) is 12.1 Å². The quantitative estimate of drug-likeness (QED) is 0.0301. The van der Waals surface area contributed by atoms with E-state index in [1.165, 1.54) is 13.8 Å². The van der Waals surface area contributed by atoms with E-state index in [1.54, 1.807) is 0 Å². The standard InChI is InChI=1S/C61H111N15O11S/c1-42-55(81)71-44(25-14-21-37-65-50(77)30-9-6-18-34-62-3)57(83)69-43(2)56(82)72-46(27-16-23-39-67-52(79)32-11-8-20-36-64-5)59(85)74-47(28-17-24-40-68-53(80)33-13-12-29-49-54-48(41-88-49)75-61(87)76-54)60(86)73-45(58(84)70-42)26-15-22-38-66-51(78)31-10-7-19-35-63-4/h42-49,54,62-64H,6-41H2,1-5H3,(H,65,77)(H,66,78)(H,67,79)(H,68,80)(H,69,83)(H,70,84)(H,71,81)(H,72,82)(H,73,86)(H,74,85)(H2,75,76,87)/t42-,43-,44+,45+,46+,47-,48?,49?,54?/m1/s1. The van der Waals surface area contributed by atoms with Crippen LogP contribution >= 0.6 is 11.8 Å². The maximum atomic E-state index is 14.6. The van der Waals surface area contributed by atoms with Crippen LogP contribution in [0.15, 0.2) is 0 Å². The number of fused-ring (bicyclic) bond motifs is 1. The lowest BCUT2D eigenvalue weighted by Crippen LogP contribution is -2.60. The van der Waals surface area contributed by atoms with Gasteiger partial charge in [0, 0.05) is 62.9 Å². The normalized spacial score (nSPS) is 22.7. The molecule has 3 aliphatic heterocycles. The Hall–Kier alpha value is -5.80. The van der Waals surface area contributed by atoms with Crippen LogP contribution < -0.4 is 79.8 Å². The van der Waals surface area contributed by atoms with Crippen molar-refractivity contribution in [2.45, 2.75) is 247 Å². The Bertz CT molecular complexity index is 2110. The number of thioether (sulfide) groups is 1. The summed E-state index contributed by atoms with van der Waals surface area (Å²) in [6, 6.07) is -7.15. The van der Waals surface area contributed by atoms with E-state index < -0.39 is 71.7 Å². The lowest BCUT2D eigenvalue weighted by molar-refractivity contribution is -0.136. The fourth-order valence-electron chi connectivity index (χ4n) is 10.7. The average Bonchev–Trinajstić information content (AvgIpc) is 2.03. The van der Waals surface area contributed by atoms with Gasteiger partial charge in [-0.15, -0.1) is 0 Å². The van der Waals surface area contributed by atoms with E-state index >= 15 is 0 Å². The third-order valence-corrected chi connectivity index (χ3v) is 17.6. The van der Waals surface area contributed by atoms with Gasteiger partial charge in [0.2, 0.25) is 59.1 Å². The summed E-state index contributed by atoms with van der Waals surface area (Å²) in [5.74, 6) is -3.68. The Morgan fingerprint density at radius 1 is 0.352 bits per heavy atom.